The number of fused-ring (bicyclic) bond motifs is 1. The quantitative estimate of drug-likeness (QED) is 0.762. The van der Waals surface area contributed by atoms with Gasteiger partial charge in [0.05, 0.1) is 19.2 Å². The second-order valence-corrected chi connectivity index (χ2v) is 7.52. The van der Waals surface area contributed by atoms with E-state index in [0.29, 0.717) is 19.7 Å². The number of methoxy groups -OCH3 is 1. The molecule has 144 valence electrons. The molecule has 0 spiro atoms. The highest BCUT2D eigenvalue weighted by atomic mass is 32.1. The van der Waals surface area contributed by atoms with Gasteiger partial charge in [-0.15, -0.1) is 11.3 Å². The summed E-state index contributed by atoms with van der Waals surface area (Å²) in [6.07, 6.45) is 0.786. The number of hydrogen-bond donors (Lipinski definition) is 0. The zero-order valence-electron chi connectivity index (χ0n) is 15.5. The topological polar surface area (TPSA) is 49.9 Å². The fourth-order valence-electron chi connectivity index (χ4n) is 3.39. The first-order chi connectivity index (χ1) is 13.0. The van der Waals surface area contributed by atoms with Crippen LogP contribution >= 0.6 is 11.3 Å². The molecule has 5 nitrogen and oxygen atoms in total. The predicted molar refractivity (Wildman–Crippen MR) is 102 cm³/mol. The number of halogens is 1. The summed E-state index contributed by atoms with van der Waals surface area (Å²) in [5.41, 5.74) is 1.95. The van der Waals surface area contributed by atoms with Gasteiger partial charge in [0, 0.05) is 32.0 Å². The molecule has 27 heavy (non-hydrogen) atoms. The lowest BCUT2D eigenvalue weighted by atomic mass is 9.93. The van der Waals surface area contributed by atoms with E-state index in [0.717, 1.165) is 17.5 Å². The smallest absolute Gasteiger partial charge is 0.242 e. The highest BCUT2D eigenvalue weighted by molar-refractivity contribution is 7.10. The molecule has 0 radical (unpaired) electrons. The molecule has 2 aromatic rings. The van der Waals surface area contributed by atoms with Crippen molar-refractivity contribution in [3.8, 4) is 0 Å². The van der Waals surface area contributed by atoms with Gasteiger partial charge in [0.2, 0.25) is 11.8 Å². The summed E-state index contributed by atoms with van der Waals surface area (Å²) in [6.45, 7) is 2.78. The van der Waals surface area contributed by atoms with Crippen LogP contribution in [-0.2, 0) is 20.7 Å². The van der Waals surface area contributed by atoms with E-state index < -0.39 is 0 Å². The van der Waals surface area contributed by atoms with Crippen molar-refractivity contribution in [3.05, 3.63) is 57.5 Å². The maximum Gasteiger partial charge on any atom is 0.242 e. The van der Waals surface area contributed by atoms with Crippen molar-refractivity contribution < 1.29 is 18.7 Å². The molecule has 0 N–H and O–H groups in total. The molecular formula is C20H23FN2O3S. The molecule has 0 aliphatic carbocycles. The Balaban J connectivity index is 1.87. The summed E-state index contributed by atoms with van der Waals surface area (Å²) in [6, 6.07) is 8.05. The zero-order chi connectivity index (χ0) is 19.4. The lowest BCUT2D eigenvalue weighted by molar-refractivity contribution is -0.141. The Morgan fingerprint density at radius 3 is 2.70 bits per heavy atom. The van der Waals surface area contributed by atoms with Crippen molar-refractivity contribution in [2.75, 3.05) is 33.4 Å². The van der Waals surface area contributed by atoms with Gasteiger partial charge >= 0.3 is 0 Å². The van der Waals surface area contributed by atoms with Gasteiger partial charge in [0.15, 0.2) is 0 Å². The van der Waals surface area contributed by atoms with E-state index in [1.165, 1.54) is 28.8 Å². The van der Waals surface area contributed by atoms with Crippen molar-refractivity contribution in [1.29, 1.82) is 0 Å². The molecule has 0 bridgehead atoms. The highest BCUT2D eigenvalue weighted by Gasteiger charge is 2.33. The summed E-state index contributed by atoms with van der Waals surface area (Å²) in [5.74, 6) is -0.584. The van der Waals surface area contributed by atoms with Gasteiger partial charge in [0.1, 0.15) is 5.82 Å². The number of rotatable bonds is 6. The molecule has 1 aromatic heterocycles. The minimum absolute atomic E-state index is 0.00978. The molecule has 1 aromatic carbocycles. The maximum atomic E-state index is 13.4. The average Bonchev–Trinajstić information content (AvgIpc) is 3.13. The Bertz CT molecular complexity index is 806. The van der Waals surface area contributed by atoms with Crippen molar-refractivity contribution >= 4 is 23.2 Å². The van der Waals surface area contributed by atoms with Gasteiger partial charge in [-0.3, -0.25) is 9.59 Å². The molecule has 0 fully saturated rings. The number of thiophene rings is 1. The number of benzene rings is 1. The Morgan fingerprint density at radius 2 is 2.04 bits per heavy atom. The van der Waals surface area contributed by atoms with E-state index >= 15 is 0 Å². The van der Waals surface area contributed by atoms with Crippen molar-refractivity contribution in [2.45, 2.75) is 19.4 Å². The SMILES string of the molecule is COCCN(CC(=O)N1CCc2sccc2[C@@H]1c1ccc(F)cc1)C(C)=O. The van der Waals surface area contributed by atoms with Crippen molar-refractivity contribution in [2.24, 2.45) is 0 Å². The van der Waals surface area contributed by atoms with Gasteiger partial charge in [-0.25, -0.2) is 4.39 Å². The summed E-state index contributed by atoms with van der Waals surface area (Å²) in [7, 11) is 1.56. The molecule has 1 atom stereocenters. The van der Waals surface area contributed by atoms with E-state index in [4.69, 9.17) is 4.74 Å². The highest BCUT2D eigenvalue weighted by Crippen LogP contribution is 2.37. The molecule has 0 unspecified atom stereocenters. The van der Waals surface area contributed by atoms with Crippen LogP contribution in [0.5, 0.6) is 0 Å². The number of amides is 2. The number of carbonyl (C=O) groups is 2. The number of hydrogen-bond acceptors (Lipinski definition) is 4. The van der Waals surface area contributed by atoms with Crippen LogP contribution < -0.4 is 0 Å². The standard InChI is InChI=1S/C20H23FN2O3S/c1-14(24)22(10-11-26-2)13-19(25)23-9-7-18-17(8-12-27-18)20(23)15-3-5-16(21)6-4-15/h3-6,8,12,20H,7,9-11,13H2,1-2H3/t20-/m0/s1. The second-order valence-electron chi connectivity index (χ2n) is 6.52. The first-order valence-corrected chi connectivity index (χ1v) is 9.75. The molecular weight excluding hydrogens is 367 g/mol. The molecule has 2 amide bonds. The van der Waals surface area contributed by atoms with Crippen LogP contribution in [0.1, 0.15) is 29.0 Å². The molecule has 0 saturated heterocycles. The third-order valence-electron chi connectivity index (χ3n) is 4.81. The molecule has 0 saturated carbocycles. The molecule has 1 aliphatic heterocycles. The van der Waals surface area contributed by atoms with Crippen LogP contribution in [0.15, 0.2) is 35.7 Å². The average molecular weight is 390 g/mol. The van der Waals surface area contributed by atoms with Crippen LogP contribution in [0.4, 0.5) is 4.39 Å². The Labute approximate surface area is 162 Å². The van der Waals surface area contributed by atoms with E-state index in [1.807, 2.05) is 11.4 Å². The minimum atomic E-state index is -0.305. The van der Waals surface area contributed by atoms with E-state index in [-0.39, 0.29) is 30.2 Å². The largest absolute Gasteiger partial charge is 0.383 e. The normalized spacial score (nSPS) is 16.1. The Hall–Kier alpha value is -2.25. The lowest BCUT2D eigenvalue weighted by Crippen LogP contribution is -2.47. The van der Waals surface area contributed by atoms with Crippen LogP contribution in [-0.4, -0.2) is 55.0 Å². The number of nitrogens with zero attached hydrogens (tertiary/aromatic N) is 2. The molecule has 3 rings (SSSR count). The minimum Gasteiger partial charge on any atom is -0.383 e. The second kappa shape index (κ2) is 8.63. The predicted octanol–water partition coefficient (Wildman–Crippen LogP) is 2.86. The van der Waals surface area contributed by atoms with Gasteiger partial charge < -0.3 is 14.5 Å². The van der Waals surface area contributed by atoms with Crippen molar-refractivity contribution in [3.63, 3.8) is 0 Å². The third-order valence-corrected chi connectivity index (χ3v) is 5.81. The first kappa shape index (κ1) is 19.5. The van der Waals surface area contributed by atoms with E-state index in [1.54, 1.807) is 35.5 Å². The van der Waals surface area contributed by atoms with Crippen LogP contribution in [0.2, 0.25) is 0 Å². The zero-order valence-corrected chi connectivity index (χ0v) is 16.3. The monoisotopic (exact) mass is 390 g/mol. The van der Waals surface area contributed by atoms with Gasteiger partial charge in [-0.05, 0) is 41.1 Å². The fourth-order valence-corrected chi connectivity index (χ4v) is 4.30. The van der Waals surface area contributed by atoms with Gasteiger partial charge in [-0.2, -0.15) is 0 Å². The van der Waals surface area contributed by atoms with Crippen molar-refractivity contribution in [1.82, 2.24) is 9.80 Å². The Kier molecular flexibility index (Phi) is 6.23. The van der Waals surface area contributed by atoms with Crippen LogP contribution in [0, 0.1) is 5.82 Å². The lowest BCUT2D eigenvalue weighted by Gasteiger charge is -2.37. The van der Waals surface area contributed by atoms with Gasteiger partial charge in [0.25, 0.3) is 0 Å². The molecule has 7 heteroatoms. The van der Waals surface area contributed by atoms with Crippen LogP contribution in [0.3, 0.4) is 0 Å². The number of carbonyl (C=O) groups excluding carboxylic acids is 2. The van der Waals surface area contributed by atoms with Crippen LogP contribution in [0.25, 0.3) is 0 Å². The number of ether oxygens (including phenoxy) is 1. The van der Waals surface area contributed by atoms with E-state index in [9.17, 15) is 14.0 Å². The third kappa shape index (κ3) is 4.36. The van der Waals surface area contributed by atoms with Gasteiger partial charge in [-0.1, -0.05) is 12.1 Å². The summed E-state index contributed by atoms with van der Waals surface area (Å²) in [4.78, 5) is 29.5. The molecule has 2 heterocycles. The molecule has 1 aliphatic rings. The summed E-state index contributed by atoms with van der Waals surface area (Å²) < 4.78 is 18.4. The summed E-state index contributed by atoms with van der Waals surface area (Å²) in [5, 5.41) is 2.02. The van der Waals surface area contributed by atoms with E-state index in [2.05, 4.69) is 0 Å². The first-order valence-electron chi connectivity index (χ1n) is 8.87. The maximum absolute atomic E-state index is 13.4. The fraction of sp³-hybridized carbons (Fsp3) is 0.400. The summed E-state index contributed by atoms with van der Waals surface area (Å²) >= 11 is 1.68. The Morgan fingerprint density at radius 1 is 1.30 bits per heavy atom.